The van der Waals surface area contributed by atoms with Crippen LogP contribution in [0.2, 0.25) is 0 Å². The number of carboxylic acids is 4. The number of carbonyl (C=O) groups is 4. The van der Waals surface area contributed by atoms with E-state index < -0.39 is 23.9 Å². The van der Waals surface area contributed by atoms with Gasteiger partial charge >= 0.3 is 23.9 Å². The van der Waals surface area contributed by atoms with Crippen molar-refractivity contribution >= 4 is 23.9 Å². The zero-order valence-corrected chi connectivity index (χ0v) is 24.3. The molecular formula is C28H48N2O10. The molecule has 0 saturated carbocycles. The van der Waals surface area contributed by atoms with Crippen molar-refractivity contribution in [2.24, 2.45) is 0 Å². The highest BCUT2D eigenvalue weighted by Crippen LogP contribution is 2.29. The monoisotopic (exact) mass is 572 g/mol. The Kier molecular flexibility index (Phi) is 22.8. The largest absolute Gasteiger partial charge is 0.508 e. The zero-order valence-electron chi connectivity index (χ0n) is 24.3. The predicted octanol–water partition coefficient (Wildman–Crippen LogP) is 4.21. The van der Waals surface area contributed by atoms with Crippen molar-refractivity contribution < 1.29 is 49.8 Å². The topological polar surface area (TPSA) is 196 Å². The lowest BCUT2D eigenvalue weighted by Gasteiger charge is -2.25. The van der Waals surface area contributed by atoms with Crippen molar-refractivity contribution in [2.75, 3.05) is 26.2 Å². The van der Waals surface area contributed by atoms with Crippen LogP contribution < -0.4 is 0 Å². The van der Waals surface area contributed by atoms with Gasteiger partial charge in [0.25, 0.3) is 0 Å². The highest BCUT2D eigenvalue weighted by Gasteiger charge is 2.15. The van der Waals surface area contributed by atoms with Crippen molar-refractivity contribution in [1.29, 1.82) is 0 Å². The molecule has 0 atom stereocenters. The number of phenols is 2. The molecule has 0 spiro atoms. The first-order valence-corrected chi connectivity index (χ1v) is 13.7. The number of rotatable bonds is 16. The third kappa shape index (κ3) is 19.7. The Bertz CT molecular complexity index is 780. The number of nitrogens with zero attached hydrogens (tertiary/aromatic N) is 2. The van der Waals surface area contributed by atoms with E-state index in [2.05, 4.69) is 37.5 Å². The van der Waals surface area contributed by atoms with Crippen molar-refractivity contribution in [2.45, 2.75) is 92.2 Å². The van der Waals surface area contributed by atoms with Gasteiger partial charge in [-0.25, -0.2) is 19.2 Å². The molecule has 0 fully saturated rings. The summed E-state index contributed by atoms with van der Waals surface area (Å²) >= 11 is 0. The second-order valence-corrected chi connectivity index (χ2v) is 9.30. The summed E-state index contributed by atoms with van der Waals surface area (Å²) in [5, 5.41) is 50.8. The van der Waals surface area contributed by atoms with E-state index in [4.69, 9.17) is 39.6 Å². The average Bonchev–Trinajstić information content (AvgIpc) is 2.90. The second-order valence-electron chi connectivity index (χ2n) is 9.30. The molecule has 0 aromatic heterocycles. The molecule has 0 radical (unpaired) electrons. The van der Waals surface area contributed by atoms with Gasteiger partial charge in [0.2, 0.25) is 0 Å². The molecule has 0 saturated heterocycles. The minimum absolute atomic E-state index is 0.316. The van der Waals surface area contributed by atoms with E-state index in [1.54, 1.807) is 12.1 Å². The molecule has 6 N–H and O–H groups in total. The number of phenolic OH excluding ortho intramolecular Hbond substituents is 2. The Morgan fingerprint density at radius 3 is 0.925 bits per heavy atom. The van der Waals surface area contributed by atoms with Gasteiger partial charge in [0.15, 0.2) is 0 Å². The first-order chi connectivity index (χ1) is 18.8. The zero-order chi connectivity index (χ0) is 31.1. The summed E-state index contributed by atoms with van der Waals surface area (Å²) in [6.45, 7) is 14.4. The summed E-state index contributed by atoms with van der Waals surface area (Å²) in [5.41, 5.74) is 1.67. The predicted molar refractivity (Wildman–Crippen MR) is 151 cm³/mol. The Balaban J connectivity index is 0. The molecule has 0 heterocycles. The van der Waals surface area contributed by atoms with Crippen LogP contribution in [-0.2, 0) is 32.3 Å². The first-order valence-electron chi connectivity index (χ1n) is 13.7. The lowest BCUT2D eigenvalue weighted by Crippen LogP contribution is -2.26. The minimum Gasteiger partial charge on any atom is -0.508 e. The Hall–Kier alpha value is -3.38. The molecule has 1 aromatic carbocycles. The van der Waals surface area contributed by atoms with E-state index in [0.29, 0.717) is 24.6 Å². The van der Waals surface area contributed by atoms with Gasteiger partial charge in [-0.3, -0.25) is 9.80 Å². The molecule has 0 unspecified atom stereocenters. The molecule has 12 heteroatoms. The van der Waals surface area contributed by atoms with Crippen LogP contribution in [-0.4, -0.2) is 90.5 Å². The summed E-state index contributed by atoms with van der Waals surface area (Å²) in [6.07, 6.45) is 9.34. The fourth-order valence-electron chi connectivity index (χ4n) is 3.47. The van der Waals surface area contributed by atoms with Crippen LogP contribution in [0.4, 0.5) is 0 Å². The normalized spacial score (nSPS) is 10.3. The van der Waals surface area contributed by atoms with E-state index in [9.17, 15) is 10.2 Å². The highest BCUT2D eigenvalue weighted by atomic mass is 16.4. The molecule has 0 aliphatic carbocycles. The average molecular weight is 573 g/mol. The molecule has 12 nitrogen and oxygen atoms in total. The number of unbranched alkanes of at least 4 members (excludes halogenated alkanes) is 4. The van der Waals surface area contributed by atoms with Gasteiger partial charge in [0.05, 0.1) is 0 Å². The number of hydrogen-bond donors (Lipinski definition) is 6. The lowest BCUT2D eigenvalue weighted by molar-refractivity contribution is -0.159. The Morgan fingerprint density at radius 1 is 0.525 bits per heavy atom. The summed E-state index contributed by atoms with van der Waals surface area (Å²) in [7, 11) is 0. The van der Waals surface area contributed by atoms with E-state index in [1.165, 1.54) is 51.4 Å². The van der Waals surface area contributed by atoms with Gasteiger partial charge in [0, 0.05) is 24.2 Å². The molecule has 0 amide bonds. The van der Waals surface area contributed by atoms with Crippen LogP contribution in [0.1, 0.15) is 90.2 Å². The van der Waals surface area contributed by atoms with E-state index in [-0.39, 0.29) is 0 Å². The molecule has 1 rings (SSSR count). The smallest absolute Gasteiger partial charge is 0.414 e. The van der Waals surface area contributed by atoms with Crippen LogP contribution in [0, 0.1) is 0 Å². The minimum atomic E-state index is -1.82. The maximum absolute atomic E-state index is 10.6. The molecule has 0 aliphatic heterocycles. The van der Waals surface area contributed by atoms with E-state index in [1.807, 2.05) is 0 Å². The lowest BCUT2D eigenvalue weighted by atomic mass is 10.1. The molecule has 0 aliphatic rings. The summed E-state index contributed by atoms with van der Waals surface area (Å²) in [4.78, 5) is 41.2. The molecule has 230 valence electrons. The number of hydrogen-bond acceptors (Lipinski definition) is 8. The fraction of sp³-hybridized carbons (Fsp3) is 0.643. The van der Waals surface area contributed by atoms with Gasteiger partial charge in [0.1, 0.15) is 11.5 Å². The Morgan fingerprint density at radius 2 is 0.750 bits per heavy atom. The maximum atomic E-state index is 10.6. The van der Waals surface area contributed by atoms with Crippen LogP contribution in [0.25, 0.3) is 0 Å². The molecule has 40 heavy (non-hydrogen) atoms. The van der Waals surface area contributed by atoms with Gasteiger partial charge in [-0.2, -0.15) is 0 Å². The van der Waals surface area contributed by atoms with E-state index >= 15 is 0 Å². The molecule has 0 bridgehead atoms. The highest BCUT2D eigenvalue weighted by molar-refractivity contribution is 6.27. The Labute approximate surface area is 236 Å². The quantitative estimate of drug-likeness (QED) is 0.122. The van der Waals surface area contributed by atoms with Crippen molar-refractivity contribution in [3.05, 3.63) is 23.3 Å². The van der Waals surface area contributed by atoms with Gasteiger partial charge in [-0.05, 0) is 64.0 Å². The van der Waals surface area contributed by atoms with Gasteiger partial charge in [-0.1, -0.05) is 53.4 Å². The summed E-state index contributed by atoms with van der Waals surface area (Å²) < 4.78 is 0. The van der Waals surface area contributed by atoms with E-state index in [0.717, 1.165) is 37.3 Å². The van der Waals surface area contributed by atoms with Gasteiger partial charge < -0.3 is 30.6 Å². The molecule has 1 aromatic rings. The van der Waals surface area contributed by atoms with Crippen molar-refractivity contribution in [3.63, 3.8) is 0 Å². The number of benzene rings is 1. The van der Waals surface area contributed by atoms with Crippen molar-refractivity contribution in [1.82, 2.24) is 9.80 Å². The SMILES string of the molecule is CCCCN(CCCC)Cc1cc(O)c(CN(CCCC)CCCC)cc1O.O=C(O)C(=O)O.O=C(O)C(=O)O. The third-order valence-electron chi connectivity index (χ3n) is 5.75. The standard InChI is InChI=1S/C24H44N2O2.2C2H2O4/c1-5-9-13-25(14-10-6-2)19-21-17-24(28)22(18-23(21)27)20-26(15-11-7-3)16-12-8-4;2*3-1(4)2(5)6/h17-18,27-28H,5-16,19-20H2,1-4H3;2*(H,3,4)(H,5,6). The van der Waals surface area contributed by atoms with Gasteiger partial charge in [-0.15, -0.1) is 0 Å². The maximum Gasteiger partial charge on any atom is 0.414 e. The summed E-state index contributed by atoms with van der Waals surface area (Å²) in [5.74, 6) is -6.66. The van der Waals surface area contributed by atoms with Crippen LogP contribution in [0.15, 0.2) is 12.1 Å². The third-order valence-corrected chi connectivity index (χ3v) is 5.75. The van der Waals surface area contributed by atoms with Crippen LogP contribution >= 0.6 is 0 Å². The molecular weight excluding hydrogens is 524 g/mol. The van der Waals surface area contributed by atoms with Crippen LogP contribution in [0.5, 0.6) is 11.5 Å². The number of aliphatic carboxylic acids is 4. The number of carboxylic acid groups (broad SMARTS) is 4. The summed E-state index contributed by atoms with van der Waals surface area (Å²) in [6, 6.07) is 3.57. The van der Waals surface area contributed by atoms with Crippen molar-refractivity contribution in [3.8, 4) is 11.5 Å². The first kappa shape index (κ1) is 38.8. The fourth-order valence-corrected chi connectivity index (χ4v) is 3.47. The second kappa shape index (κ2) is 23.5. The number of aromatic hydroxyl groups is 2. The van der Waals surface area contributed by atoms with Crippen LogP contribution in [0.3, 0.4) is 0 Å².